The number of nitrogens with one attached hydrogen (secondary N) is 1. The number of ether oxygens (including phenoxy) is 1. The maximum absolute atomic E-state index is 12.8. The van der Waals surface area contributed by atoms with Crippen LogP contribution in [-0.4, -0.2) is 48.4 Å². The minimum Gasteiger partial charge on any atom is -0.466 e. The van der Waals surface area contributed by atoms with Gasteiger partial charge in [-0.3, -0.25) is 14.4 Å². The fourth-order valence-corrected chi connectivity index (χ4v) is 4.62. The van der Waals surface area contributed by atoms with E-state index >= 15 is 0 Å². The molecule has 0 aliphatic carbocycles. The Hall–Kier alpha value is -2.37. The van der Waals surface area contributed by atoms with Gasteiger partial charge in [0, 0.05) is 19.5 Å². The van der Waals surface area contributed by atoms with Crippen LogP contribution in [0.5, 0.6) is 0 Å². The summed E-state index contributed by atoms with van der Waals surface area (Å²) in [6, 6.07) is 9.30. The van der Waals surface area contributed by atoms with E-state index in [1.807, 2.05) is 30.3 Å². The second-order valence-corrected chi connectivity index (χ2v) is 9.69. The van der Waals surface area contributed by atoms with Gasteiger partial charge in [0.1, 0.15) is 6.04 Å². The van der Waals surface area contributed by atoms with Crippen molar-refractivity contribution in [1.29, 1.82) is 0 Å². The van der Waals surface area contributed by atoms with Crippen LogP contribution in [0.25, 0.3) is 0 Å². The molecule has 1 atom stereocenters. The molecule has 2 rings (SSSR count). The average Bonchev–Trinajstić information content (AvgIpc) is 2.87. The number of esters is 1. The molecule has 1 aliphatic rings. The summed E-state index contributed by atoms with van der Waals surface area (Å²) in [6.07, 6.45) is 15.5. The van der Waals surface area contributed by atoms with Crippen LogP contribution in [0.3, 0.4) is 0 Å². The third kappa shape index (κ3) is 12.2. The summed E-state index contributed by atoms with van der Waals surface area (Å²) in [5.74, 6) is -0.713. The Bertz CT molecular complexity index is 737. The Morgan fingerprint density at radius 3 is 2.20 bits per heavy atom. The number of carbonyl (C=O) groups excluding carboxylic acids is 3. The largest absolute Gasteiger partial charge is 0.466 e. The van der Waals surface area contributed by atoms with Crippen LogP contribution in [0.2, 0.25) is 0 Å². The quantitative estimate of drug-likeness (QED) is 0.217. The lowest BCUT2D eigenvalue weighted by Crippen LogP contribution is -2.57. The summed E-state index contributed by atoms with van der Waals surface area (Å²) < 4.78 is 5.36. The van der Waals surface area contributed by atoms with Gasteiger partial charge in [-0.25, -0.2) is 0 Å². The number of nitrogens with zero attached hydrogens (tertiary/aromatic N) is 1. The molecule has 1 unspecified atom stereocenters. The molecule has 0 aromatic heterocycles. The van der Waals surface area contributed by atoms with E-state index < -0.39 is 12.0 Å². The summed E-state index contributed by atoms with van der Waals surface area (Å²) in [5.41, 5.74) is 1.20. The van der Waals surface area contributed by atoms with Crippen LogP contribution >= 0.6 is 0 Å². The van der Waals surface area contributed by atoms with Gasteiger partial charge >= 0.3 is 5.97 Å². The fourth-order valence-electron chi connectivity index (χ4n) is 4.62. The molecule has 0 bridgehead atoms. The first-order valence-corrected chi connectivity index (χ1v) is 13.9. The van der Waals surface area contributed by atoms with Crippen LogP contribution in [-0.2, 0) is 25.5 Å². The molecule has 1 N–H and O–H groups in total. The smallest absolute Gasteiger partial charge is 0.308 e. The van der Waals surface area contributed by atoms with Crippen molar-refractivity contribution in [1.82, 2.24) is 10.2 Å². The predicted octanol–water partition coefficient (Wildman–Crippen LogP) is 5.58. The van der Waals surface area contributed by atoms with Crippen LogP contribution in [0.4, 0.5) is 0 Å². The zero-order valence-electron chi connectivity index (χ0n) is 21.8. The monoisotopic (exact) mass is 486 g/mol. The van der Waals surface area contributed by atoms with E-state index in [-0.39, 0.29) is 18.2 Å². The average molecular weight is 487 g/mol. The lowest BCUT2D eigenvalue weighted by Gasteiger charge is -2.34. The van der Waals surface area contributed by atoms with Gasteiger partial charge in [-0.15, -0.1) is 0 Å². The number of piperazine rings is 1. The van der Waals surface area contributed by atoms with E-state index in [4.69, 9.17) is 4.74 Å². The van der Waals surface area contributed by atoms with Crippen LogP contribution in [0, 0.1) is 0 Å². The lowest BCUT2D eigenvalue weighted by atomic mass is 10.0. The van der Waals surface area contributed by atoms with Gasteiger partial charge in [0.2, 0.25) is 11.8 Å². The summed E-state index contributed by atoms with van der Waals surface area (Å²) in [5, 5.41) is 2.78. The molecule has 196 valence electrons. The Kier molecular flexibility index (Phi) is 14.8. The van der Waals surface area contributed by atoms with Crippen molar-refractivity contribution >= 4 is 17.8 Å². The predicted molar refractivity (Wildman–Crippen MR) is 140 cm³/mol. The summed E-state index contributed by atoms with van der Waals surface area (Å²) in [4.78, 5) is 39.2. The standard InChI is InChI=1S/C29H46N2O4/c1-2-3-4-5-6-7-8-9-10-11-15-20-27(32)31-22-21-30-29(34)26(31)24-28(33)35-23-16-19-25-17-13-12-14-18-25/h12-14,17-18,26H,2-11,15-16,19-24H2,1H3,(H,30,34). The zero-order chi connectivity index (χ0) is 25.1. The molecule has 1 fully saturated rings. The van der Waals surface area contributed by atoms with E-state index in [1.165, 1.54) is 56.9 Å². The summed E-state index contributed by atoms with van der Waals surface area (Å²) >= 11 is 0. The lowest BCUT2D eigenvalue weighted by molar-refractivity contribution is -0.152. The molecular weight excluding hydrogens is 440 g/mol. The van der Waals surface area contributed by atoms with E-state index in [0.717, 1.165) is 32.1 Å². The normalized spacial score (nSPS) is 15.6. The van der Waals surface area contributed by atoms with Crippen molar-refractivity contribution in [2.75, 3.05) is 19.7 Å². The Morgan fingerprint density at radius 2 is 1.54 bits per heavy atom. The number of carbonyl (C=O) groups is 3. The zero-order valence-corrected chi connectivity index (χ0v) is 21.8. The number of hydrogen-bond donors (Lipinski definition) is 1. The molecule has 0 saturated carbocycles. The molecule has 2 amide bonds. The topological polar surface area (TPSA) is 75.7 Å². The molecule has 1 aromatic carbocycles. The molecule has 35 heavy (non-hydrogen) atoms. The first-order chi connectivity index (χ1) is 17.1. The van der Waals surface area contributed by atoms with E-state index in [0.29, 0.717) is 26.1 Å². The van der Waals surface area contributed by atoms with Gasteiger partial charge in [0.05, 0.1) is 13.0 Å². The highest BCUT2D eigenvalue weighted by molar-refractivity contribution is 5.91. The maximum Gasteiger partial charge on any atom is 0.308 e. The highest BCUT2D eigenvalue weighted by Crippen LogP contribution is 2.16. The Morgan fingerprint density at radius 1 is 0.914 bits per heavy atom. The number of benzene rings is 1. The molecule has 0 spiro atoms. The van der Waals surface area contributed by atoms with Gasteiger partial charge in [0.25, 0.3) is 0 Å². The fraction of sp³-hybridized carbons (Fsp3) is 0.690. The SMILES string of the molecule is CCCCCCCCCCCCCC(=O)N1CCNC(=O)C1CC(=O)OCCCc1ccccc1. The highest BCUT2D eigenvalue weighted by atomic mass is 16.5. The van der Waals surface area contributed by atoms with Gasteiger partial charge < -0.3 is 15.0 Å². The van der Waals surface area contributed by atoms with Crippen LogP contribution in [0.1, 0.15) is 102 Å². The summed E-state index contributed by atoms with van der Waals surface area (Å²) in [7, 11) is 0. The minimum atomic E-state index is -0.759. The van der Waals surface area contributed by atoms with E-state index in [1.54, 1.807) is 4.90 Å². The van der Waals surface area contributed by atoms with Gasteiger partial charge in [-0.2, -0.15) is 0 Å². The van der Waals surface area contributed by atoms with Gasteiger partial charge in [0.15, 0.2) is 0 Å². The van der Waals surface area contributed by atoms with Gasteiger partial charge in [-0.05, 0) is 24.8 Å². The number of amides is 2. The number of unbranched alkanes of at least 4 members (excludes halogenated alkanes) is 10. The molecule has 1 aliphatic heterocycles. The van der Waals surface area contributed by atoms with Gasteiger partial charge in [-0.1, -0.05) is 101 Å². The molecule has 1 heterocycles. The minimum absolute atomic E-state index is 0.0300. The molecule has 0 radical (unpaired) electrons. The number of hydrogen-bond acceptors (Lipinski definition) is 4. The maximum atomic E-state index is 12.8. The van der Waals surface area contributed by atoms with E-state index in [2.05, 4.69) is 12.2 Å². The summed E-state index contributed by atoms with van der Waals surface area (Å²) in [6.45, 7) is 3.45. The van der Waals surface area contributed by atoms with Crippen molar-refractivity contribution in [3.8, 4) is 0 Å². The molecular formula is C29H46N2O4. The van der Waals surface area contributed by atoms with Crippen molar-refractivity contribution in [3.63, 3.8) is 0 Å². The third-order valence-electron chi connectivity index (χ3n) is 6.72. The van der Waals surface area contributed by atoms with Crippen LogP contribution in [0.15, 0.2) is 30.3 Å². The molecule has 6 heteroatoms. The van der Waals surface area contributed by atoms with Crippen molar-refractivity contribution in [3.05, 3.63) is 35.9 Å². The Labute approximate surface area is 212 Å². The second-order valence-electron chi connectivity index (χ2n) is 9.69. The molecule has 1 aromatic rings. The van der Waals surface area contributed by atoms with Crippen molar-refractivity contribution < 1.29 is 19.1 Å². The van der Waals surface area contributed by atoms with Crippen molar-refractivity contribution in [2.24, 2.45) is 0 Å². The molecule has 6 nitrogen and oxygen atoms in total. The number of rotatable bonds is 18. The van der Waals surface area contributed by atoms with Crippen molar-refractivity contribution in [2.45, 2.75) is 109 Å². The highest BCUT2D eigenvalue weighted by Gasteiger charge is 2.34. The molecule has 1 saturated heterocycles. The first kappa shape index (κ1) is 28.9. The second kappa shape index (κ2) is 18.0. The Balaban J connectivity index is 1.60. The van der Waals surface area contributed by atoms with E-state index in [9.17, 15) is 14.4 Å². The third-order valence-corrected chi connectivity index (χ3v) is 6.72. The first-order valence-electron chi connectivity index (χ1n) is 13.9. The number of aryl methyl sites for hydroxylation is 1. The van der Waals surface area contributed by atoms with Crippen LogP contribution < -0.4 is 5.32 Å².